The van der Waals surface area contributed by atoms with Gasteiger partial charge in [0.05, 0.1) is 6.61 Å². The summed E-state index contributed by atoms with van der Waals surface area (Å²) in [6, 6.07) is 23.3. The van der Waals surface area contributed by atoms with Crippen LogP contribution in [0.15, 0.2) is 78.9 Å². The summed E-state index contributed by atoms with van der Waals surface area (Å²) < 4.78 is 25.9. The normalized spacial score (nSPS) is 10.0. The van der Waals surface area contributed by atoms with Gasteiger partial charge in [0.1, 0.15) is 11.6 Å². The Morgan fingerprint density at radius 3 is 1.56 bits per heavy atom. The van der Waals surface area contributed by atoms with Gasteiger partial charge in [0.2, 0.25) is 0 Å². The molecule has 3 aromatic rings. The van der Waals surface area contributed by atoms with Gasteiger partial charge in [-0.3, -0.25) is 0 Å². The van der Waals surface area contributed by atoms with E-state index in [1.165, 1.54) is 17.7 Å². The molecule has 0 unspecified atom stereocenters. The first-order valence-corrected chi connectivity index (χ1v) is 8.31. The zero-order valence-corrected chi connectivity index (χ0v) is 14.0. The van der Waals surface area contributed by atoms with Crippen molar-refractivity contribution in [2.45, 2.75) is 25.9 Å². The lowest BCUT2D eigenvalue weighted by atomic mass is 10.0. The van der Waals surface area contributed by atoms with E-state index >= 15 is 0 Å². The second kappa shape index (κ2) is 10.4. The fraction of sp³-hybridized carbons (Fsp3) is 0.182. The van der Waals surface area contributed by atoms with Gasteiger partial charge >= 0.3 is 0 Å². The molecule has 0 aliphatic rings. The zero-order valence-electron chi connectivity index (χ0n) is 14.0. The molecule has 0 atom stereocenters. The number of hydrogen-bond donors (Lipinski definition) is 1. The molecular formula is C22H22F2O. The van der Waals surface area contributed by atoms with Gasteiger partial charge in [-0.15, -0.1) is 0 Å². The smallest absolute Gasteiger partial charge is 0.126 e. The predicted octanol–water partition coefficient (Wildman–Crippen LogP) is 5.32. The van der Waals surface area contributed by atoms with Gasteiger partial charge in [0.25, 0.3) is 0 Å². The second-order valence-corrected chi connectivity index (χ2v) is 5.76. The third-order valence-corrected chi connectivity index (χ3v) is 3.72. The van der Waals surface area contributed by atoms with Crippen LogP contribution in [0.5, 0.6) is 0 Å². The molecule has 0 aliphatic heterocycles. The maximum Gasteiger partial charge on any atom is 0.126 e. The molecule has 0 amide bonds. The monoisotopic (exact) mass is 340 g/mol. The number of halogens is 2. The molecule has 0 saturated carbocycles. The molecule has 0 spiro atoms. The highest BCUT2D eigenvalue weighted by Gasteiger charge is 2.00. The highest BCUT2D eigenvalue weighted by atomic mass is 19.1. The van der Waals surface area contributed by atoms with Gasteiger partial charge in [-0.1, -0.05) is 60.7 Å². The van der Waals surface area contributed by atoms with Gasteiger partial charge in [0.15, 0.2) is 0 Å². The summed E-state index contributed by atoms with van der Waals surface area (Å²) in [6.07, 6.45) is 2.52. The maximum atomic E-state index is 12.9. The Labute approximate surface area is 147 Å². The largest absolute Gasteiger partial charge is 0.392 e. The van der Waals surface area contributed by atoms with E-state index in [2.05, 4.69) is 12.1 Å². The van der Waals surface area contributed by atoms with E-state index in [1.54, 1.807) is 0 Å². The van der Waals surface area contributed by atoms with Crippen LogP contribution in [0.2, 0.25) is 0 Å². The van der Waals surface area contributed by atoms with E-state index in [-0.39, 0.29) is 6.61 Å². The van der Waals surface area contributed by atoms with Crippen molar-refractivity contribution in [1.82, 2.24) is 0 Å². The standard InChI is InChI=1S/C15H14F2.C7H8O/c16-14-9-13(10-15(17)11-14)8-4-7-12-5-2-1-3-6-12;8-6-7-4-2-1-3-5-7/h1-3,5-6,9-11H,4,7-8H2;1-5,8H,6H2. The average molecular weight is 340 g/mol. The Bertz CT molecular complexity index is 722. The van der Waals surface area contributed by atoms with E-state index in [9.17, 15) is 8.78 Å². The van der Waals surface area contributed by atoms with Gasteiger partial charge in [-0.2, -0.15) is 0 Å². The fourth-order valence-electron chi connectivity index (χ4n) is 2.48. The number of aliphatic hydroxyl groups is 1. The summed E-state index contributed by atoms with van der Waals surface area (Å²) in [7, 11) is 0. The molecule has 0 bridgehead atoms. The van der Waals surface area contributed by atoms with Crippen molar-refractivity contribution in [3.8, 4) is 0 Å². The minimum atomic E-state index is -0.500. The van der Waals surface area contributed by atoms with E-state index in [0.29, 0.717) is 6.42 Å². The first-order valence-electron chi connectivity index (χ1n) is 8.31. The van der Waals surface area contributed by atoms with Crippen molar-refractivity contribution in [2.75, 3.05) is 0 Å². The number of aliphatic hydroxyl groups excluding tert-OH is 1. The van der Waals surface area contributed by atoms with Crippen LogP contribution in [0, 0.1) is 11.6 Å². The first-order chi connectivity index (χ1) is 12.2. The minimum Gasteiger partial charge on any atom is -0.392 e. The average Bonchev–Trinajstić information content (AvgIpc) is 2.63. The van der Waals surface area contributed by atoms with Gasteiger partial charge in [0, 0.05) is 6.07 Å². The Balaban J connectivity index is 0.000000236. The van der Waals surface area contributed by atoms with Crippen LogP contribution in [0.1, 0.15) is 23.1 Å². The molecule has 1 N–H and O–H groups in total. The summed E-state index contributed by atoms with van der Waals surface area (Å²) in [5.74, 6) is -1.00. The van der Waals surface area contributed by atoms with Crippen molar-refractivity contribution in [3.05, 3.63) is 107 Å². The van der Waals surface area contributed by atoms with E-state index < -0.39 is 11.6 Å². The van der Waals surface area contributed by atoms with Crippen LogP contribution in [0.4, 0.5) is 8.78 Å². The van der Waals surface area contributed by atoms with Crippen LogP contribution in [0.25, 0.3) is 0 Å². The molecule has 0 saturated heterocycles. The predicted molar refractivity (Wildman–Crippen MR) is 97.2 cm³/mol. The van der Waals surface area contributed by atoms with Crippen LogP contribution < -0.4 is 0 Å². The lowest BCUT2D eigenvalue weighted by Crippen LogP contribution is -1.92. The highest BCUT2D eigenvalue weighted by molar-refractivity contribution is 5.19. The van der Waals surface area contributed by atoms with E-state index in [1.807, 2.05) is 48.5 Å². The molecule has 1 nitrogen and oxygen atoms in total. The maximum absolute atomic E-state index is 12.9. The van der Waals surface area contributed by atoms with Crippen LogP contribution in [-0.2, 0) is 19.4 Å². The first kappa shape index (κ1) is 18.8. The molecule has 130 valence electrons. The molecule has 0 aliphatic carbocycles. The van der Waals surface area contributed by atoms with Crippen molar-refractivity contribution >= 4 is 0 Å². The molecule has 0 radical (unpaired) electrons. The SMILES string of the molecule is Fc1cc(F)cc(CCCc2ccccc2)c1.OCc1ccccc1. The Hall–Kier alpha value is -2.52. The Morgan fingerprint density at radius 2 is 1.08 bits per heavy atom. The summed E-state index contributed by atoms with van der Waals surface area (Å²) >= 11 is 0. The topological polar surface area (TPSA) is 20.2 Å². The van der Waals surface area contributed by atoms with Crippen molar-refractivity contribution in [3.63, 3.8) is 0 Å². The lowest BCUT2D eigenvalue weighted by molar-refractivity contribution is 0.282. The van der Waals surface area contributed by atoms with E-state index in [0.717, 1.165) is 30.0 Å². The highest BCUT2D eigenvalue weighted by Crippen LogP contribution is 2.12. The second-order valence-electron chi connectivity index (χ2n) is 5.76. The third kappa shape index (κ3) is 7.27. The molecule has 25 heavy (non-hydrogen) atoms. The van der Waals surface area contributed by atoms with E-state index in [4.69, 9.17) is 5.11 Å². The molecule has 3 heteroatoms. The quantitative estimate of drug-likeness (QED) is 0.666. The summed E-state index contributed by atoms with van der Waals surface area (Å²) in [6.45, 7) is 0.140. The van der Waals surface area contributed by atoms with Crippen molar-refractivity contribution < 1.29 is 13.9 Å². The van der Waals surface area contributed by atoms with Gasteiger partial charge in [-0.05, 0) is 48.1 Å². The summed E-state index contributed by atoms with van der Waals surface area (Å²) in [5, 5.41) is 8.54. The Morgan fingerprint density at radius 1 is 0.600 bits per heavy atom. The molecule has 3 rings (SSSR count). The van der Waals surface area contributed by atoms with Crippen LogP contribution in [-0.4, -0.2) is 5.11 Å². The number of hydrogen-bond acceptors (Lipinski definition) is 1. The number of benzene rings is 3. The van der Waals surface area contributed by atoms with Gasteiger partial charge < -0.3 is 5.11 Å². The molecular weight excluding hydrogens is 318 g/mol. The molecule has 0 aromatic heterocycles. The molecule has 0 fully saturated rings. The Kier molecular flexibility index (Phi) is 7.80. The van der Waals surface area contributed by atoms with Crippen molar-refractivity contribution in [1.29, 1.82) is 0 Å². The fourth-order valence-corrected chi connectivity index (χ4v) is 2.48. The lowest BCUT2D eigenvalue weighted by Gasteiger charge is -2.03. The minimum absolute atomic E-state index is 0.140. The van der Waals surface area contributed by atoms with Crippen LogP contribution in [0.3, 0.4) is 0 Å². The van der Waals surface area contributed by atoms with Gasteiger partial charge in [-0.25, -0.2) is 8.78 Å². The summed E-state index contributed by atoms with van der Waals surface area (Å²) in [5.41, 5.74) is 2.94. The van der Waals surface area contributed by atoms with Crippen molar-refractivity contribution in [2.24, 2.45) is 0 Å². The summed E-state index contributed by atoms with van der Waals surface area (Å²) in [4.78, 5) is 0. The molecule has 0 heterocycles. The number of rotatable bonds is 5. The van der Waals surface area contributed by atoms with Crippen LogP contribution >= 0.6 is 0 Å². The third-order valence-electron chi connectivity index (χ3n) is 3.72. The zero-order chi connectivity index (χ0) is 17.9. The molecule has 3 aromatic carbocycles. The number of aryl methyl sites for hydroxylation is 2.